The van der Waals surface area contributed by atoms with E-state index in [9.17, 15) is 14.4 Å². The van der Waals surface area contributed by atoms with Gasteiger partial charge in [0.25, 0.3) is 5.91 Å². The van der Waals surface area contributed by atoms with Crippen LogP contribution in [-0.2, 0) is 9.59 Å². The maximum absolute atomic E-state index is 13.4. The predicted octanol–water partition coefficient (Wildman–Crippen LogP) is 3.31. The number of piperidine rings is 3. The van der Waals surface area contributed by atoms with Crippen molar-refractivity contribution in [2.75, 3.05) is 24.5 Å². The van der Waals surface area contributed by atoms with Gasteiger partial charge in [-0.25, -0.2) is 9.69 Å². The minimum atomic E-state index is -0.643. The number of benzene rings is 1. The fourth-order valence-corrected chi connectivity index (χ4v) is 7.21. The maximum Gasteiger partial charge on any atom is 0.329 e. The summed E-state index contributed by atoms with van der Waals surface area (Å²) in [6.07, 6.45) is 10.4. The van der Waals surface area contributed by atoms with Crippen molar-refractivity contribution < 1.29 is 14.4 Å². The molecule has 4 heterocycles. The van der Waals surface area contributed by atoms with E-state index in [-0.39, 0.29) is 24.3 Å². The molecule has 5 aliphatic rings. The second-order valence-electron chi connectivity index (χ2n) is 10.6. The highest BCUT2D eigenvalue weighted by Crippen LogP contribution is 2.45. The van der Waals surface area contributed by atoms with Crippen LogP contribution in [0.5, 0.6) is 0 Å². The van der Waals surface area contributed by atoms with Crippen molar-refractivity contribution in [1.82, 2.24) is 15.1 Å². The summed E-state index contributed by atoms with van der Waals surface area (Å²) in [5.74, 6) is 1.02. The Balaban J connectivity index is 1.13. The number of rotatable bonds is 4. The van der Waals surface area contributed by atoms with Gasteiger partial charge in [-0.05, 0) is 69.0 Å². The third kappa shape index (κ3) is 3.74. The van der Waals surface area contributed by atoms with Crippen molar-refractivity contribution in [3.8, 4) is 0 Å². The first-order chi connectivity index (χ1) is 16.6. The molecule has 4 fully saturated rings. The molecule has 180 valence electrons. The number of anilines is 1. The number of carbonyl (C=O) groups excluding carboxylic acids is 3. The molecule has 4 saturated heterocycles. The Morgan fingerprint density at radius 2 is 1.91 bits per heavy atom. The summed E-state index contributed by atoms with van der Waals surface area (Å²) in [7, 11) is 0. The van der Waals surface area contributed by atoms with E-state index >= 15 is 0 Å². The number of hydrogen-bond acceptors (Lipinski definition) is 4. The zero-order valence-electron chi connectivity index (χ0n) is 19.7. The van der Waals surface area contributed by atoms with Gasteiger partial charge in [-0.2, -0.15) is 0 Å². The third-order valence-corrected chi connectivity index (χ3v) is 8.66. The highest BCUT2D eigenvalue weighted by atomic mass is 16.2. The van der Waals surface area contributed by atoms with Crippen molar-refractivity contribution in [3.05, 3.63) is 42.0 Å². The number of carbonyl (C=O) groups is 3. The minimum absolute atomic E-state index is 0.120. The van der Waals surface area contributed by atoms with Crippen LogP contribution in [0.3, 0.4) is 0 Å². The molecule has 1 aromatic rings. The van der Waals surface area contributed by atoms with Crippen molar-refractivity contribution in [2.24, 2.45) is 11.8 Å². The summed E-state index contributed by atoms with van der Waals surface area (Å²) < 4.78 is 0. The molecule has 7 heteroatoms. The second kappa shape index (κ2) is 8.84. The Labute approximate surface area is 201 Å². The number of para-hydroxylation sites is 1. The van der Waals surface area contributed by atoms with E-state index in [1.54, 1.807) is 24.3 Å². The zero-order valence-corrected chi connectivity index (χ0v) is 19.7. The first-order valence-corrected chi connectivity index (χ1v) is 13.0. The minimum Gasteiger partial charge on any atom is -0.336 e. The molecular weight excluding hydrogens is 428 g/mol. The lowest BCUT2D eigenvalue weighted by Gasteiger charge is -2.54. The van der Waals surface area contributed by atoms with Gasteiger partial charge < -0.3 is 10.2 Å². The third-order valence-electron chi connectivity index (χ3n) is 8.66. The van der Waals surface area contributed by atoms with Gasteiger partial charge >= 0.3 is 6.03 Å². The van der Waals surface area contributed by atoms with E-state index in [1.165, 1.54) is 42.7 Å². The smallest absolute Gasteiger partial charge is 0.329 e. The van der Waals surface area contributed by atoms with Crippen LogP contribution in [0.25, 0.3) is 0 Å². The first-order valence-electron chi connectivity index (χ1n) is 13.0. The number of hydrogen-bond donors (Lipinski definition) is 1. The van der Waals surface area contributed by atoms with Crippen LogP contribution in [0, 0.1) is 11.8 Å². The Kier molecular flexibility index (Phi) is 5.68. The van der Waals surface area contributed by atoms with Crippen LogP contribution in [-0.4, -0.2) is 65.4 Å². The molecule has 5 atom stereocenters. The molecule has 0 spiro atoms. The predicted molar refractivity (Wildman–Crippen MR) is 129 cm³/mol. The lowest BCUT2D eigenvalue weighted by molar-refractivity contribution is -0.136. The van der Waals surface area contributed by atoms with Gasteiger partial charge in [-0.3, -0.25) is 14.5 Å². The van der Waals surface area contributed by atoms with Crippen LogP contribution in [0.4, 0.5) is 10.5 Å². The molecule has 0 unspecified atom stereocenters. The van der Waals surface area contributed by atoms with E-state index in [0.717, 1.165) is 25.9 Å². The SMILES string of the molecule is O=C1N[C@H](CCC(=O)N2CCCC3=C[C@H]4C[C@@H](CN5CCCC[C@@H]45)[C@H]32)C(=O)N1c1ccccc1. The van der Waals surface area contributed by atoms with Crippen LogP contribution >= 0.6 is 0 Å². The largest absolute Gasteiger partial charge is 0.336 e. The van der Waals surface area contributed by atoms with Gasteiger partial charge in [-0.15, -0.1) is 0 Å². The number of nitrogens with zero attached hydrogens (tertiary/aromatic N) is 3. The van der Waals surface area contributed by atoms with Crippen LogP contribution in [0.1, 0.15) is 51.4 Å². The van der Waals surface area contributed by atoms with E-state index in [2.05, 4.69) is 21.2 Å². The van der Waals surface area contributed by atoms with Crippen molar-refractivity contribution in [1.29, 1.82) is 0 Å². The molecule has 6 rings (SSSR count). The number of fused-ring (bicyclic) bond motifs is 6. The molecule has 34 heavy (non-hydrogen) atoms. The average molecular weight is 463 g/mol. The fraction of sp³-hybridized carbons (Fsp3) is 0.593. The zero-order chi connectivity index (χ0) is 23.2. The molecule has 1 aromatic carbocycles. The summed E-state index contributed by atoms with van der Waals surface area (Å²) in [5.41, 5.74) is 2.04. The molecule has 1 N–H and O–H groups in total. The normalized spacial score (nSPS) is 33.2. The lowest BCUT2D eigenvalue weighted by atomic mass is 9.68. The highest BCUT2D eigenvalue weighted by molar-refractivity contribution is 6.21. The Morgan fingerprint density at radius 1 is 1.06 bits per heavy atom. The summed E-state index contributed by atoms with van der Waals surface area (Å²) >= 11 is 0. The molecule has 4 amide bonds. The molecule has 2 bridgehead atoms. The molecule has 1 aliphatic carbocycles. The van der Waals surface area contributed by atoms with Gasteiger partial charge in [0, 0.05) is 25.6 Å². The monoisotopic (exact) mass is 462 g/mol. The van der Waals surface area contributed by atoms with E-state index in [0.29, 0.717) is 30.0 Å². The average Bonchev–Trinajstić information content (AvgIpc) is 3.15. The molecule has 0 radical (unpaired) electrons. The number of likely N-dealkylation sites (tertiary alicyclic amines) is 1. The van der Waals surface area contributed by atoms with Crippen LogP contribution < -0.4 is 10.2 Å². The van der Waals surface area contributed by atoms with Gasteiger partial charge in [0.1, 0.15) is 6.04 Å². The van der Waals surface area contributed by atoms with Gasteiger partial charge in [0.2, 0.25) is 5.91 Å². The van der Waals surface area contributed by atoms with Gasteiger partial charge in [0.15, 0.2) is 0 Å². The highest BCUT2D eigenvalue weighted by Gasteiger charge is 2.47. The van der Waals surface area contributed by atoms with E-state index in [4.69, 9.17) is 0 Å². The molecule has 7 nitrogen and oxygen atoms in total. The van der Waals surface area contributed by atoms with E-state index < -0.39 is 12.1 Å². The molecular formula is C27H34N4O3. The Morgan fingerprint density at radius 3 is 2.76 bits per heavy atom. The fourth-order valence-electron chi connectivity index (χ4n) is 7.21. The Bertz CT molecular complexity index is 1010. The van der Waals surface area contributed by atoms with Crippen molar-refractivity contribution >= 4 is 23.5 Å². The maximum atomic E-state index is 13.4. The van der Waals surface area contributed by atoms with Crippen molar-refractivity contribution in [2.45, 2.75) is 69.5 Å². The first kappa shape index (κ1) is 21.8. The number of imide groups is 1. The van der Waals surface area contributed by atoms with Crippen molar-refractivity contribution in [3.63, 3.8) is 0 Å². The summed E-state index contributed by atoms with van der Waals surface area (Å²) in [6.45, 7) is 3.10. The van der Waals surface area contributed by atoms with E-state index in [1.807, 2.05) is 6.07 Å². The Hall–Kier alpha value is -2.67. The summed E-state index contributed by atoms with van der Waals surface area (Å²) in [6, 6.07) is 8.83. The van der Waals surface area contributed by atoms with Crippen LogP contribution in [0.15, 0.2) is 42.0 Å². The number of urea groups is 1. The van der Waals surface area contributed by atoms with Gasteiger partial charge in [-0.1, -0.05) is 36.3 Å². The van der Waals surface area contributed by atoms with Crippen LogP contribution in [0.2, 0.25) is 0 Å². The summed E-state index contributed by atoms with van der Waals surface area (Å²) in [4.78, 5) is 44.8. The summed E-state index contributed by atoms with van der Waals surface area (Å²) in [5, 5.41) is 2.78. The number of nitrogens with one attached hydrogen (secondary N) is 1. The quantitative estimate of drug-likeness (QED) is 0.550. The molecule has 4 aliphatic heterocycles. The topological polar surface area (TPSA) is 73.0 Å². The van der Waals surface area contributed by atoms with Gasteiger partial charge in [0.05, 0.1) is 11.7 Å². The molecule has 0 aromatic heterocycles. The second-order valence-corrected chi connectivity index (χ2v) is 10.6. The standard InChI is InChI=1S/C27H34N4O3/c32-24(12-11-22-26(33)31(27(34)28-22)21-8-2-1-3-9-21)30-14-6-7-18-15-19-16-20(25(18)30)17-29-13-5-4-10-23(19)29/h1-3,8-9,15,19-20,22-23,25H,4-7,10-14,16-17H2,(H,28,34)/t19-,20-,22+,23-,25-/m0/s1. The lowest BCUT2D eigenvalue weighted by Crippen LogP contribution is -2.60. The molecule has 0 saturated carbocycles. The number of amides is 4.